The number of ketones is 1. The average molecular weight is 222 g/mol. The van der Waals surface area contributed by atoms with E-state index in [1.807, 2.05) is 0 Å². The SMILES string of the molecule is CCCn1nncc1C(=O)C1(CN)CCC1. The number of Topliss-reactive ketones (excluding diaryl/α,β-unsaturated/α-hetero) is 1. The molecule has 0 spiro atoms. The molecular weight excluding hydrogens is 204 g/mol. The maximum Gasteiger partial charge on any atom is 0.189 e. The zero-order valence-electron chi connectivity index (χ0n) is 9.65. The van der Waals surface area contributed by atoms with Gasteiger partial charge in [-0.15, -0.1) is 5.10 Å². The van der Waals surface area contributed by atoms with Crippen molar-refractivity contribution in [2.24, 2.45) is 11.1 Å². The smallest absolute Gasteiger partial charge is 0.189 e. The molecule has 2 rings (SSSR count). The van der Waals surface area contributed by atoms with Gasteiger partial charge in [0.2, 0.25) is 0 Å². The van der Waals surface area contributed by atoms with E-state index in [0.29, 0.717) is 12.2 Å². The van der Waals surface area contributed by atoms with Crippen LogP contribution in [0.2, 0.25) is 0 Å². The normalized spacial score (nSPS) is 18.1. The van der Waals surface area contributed by atoms with Gasteiger partial charge in [0, 0.05) is 18.5 Å². The monoisotopic (exact) mass is 222 g/mol. The number of nitrogens with zero attached hydrogens (tertiary/aromatic N) is 3. The molecule has 0 unspecified atom stereocenters. The van der Waals surface area contributed by atoms with Crippen molar-refractivity contribution in [3.8, 4) is 0 Å². The predicted molar refractivity (Wildman–Crippen MR) is 60.0 cm³/mol. The first-order valence-corrected chi connectivity index (χ1v) is 5.87. The summed E-state index contributed by atoms with van der Waals surface area (Å²) >= 11 is 0. The number of hydrogen-bond acceptors (Lipinski definition) is 4. The zero-order valence-corrected chi connectivity index (χ0v) is 9.65. The second-order valence-electron chi connectivity index (χ2n) is 4.51. The third-order valence-electron chi connectivity index (χ3n) is 3.47. The van der Waals surface area contributed by atoms with Gasteiger partial charge in [-0.1, -0.05) is 18.6 Å². The topological polar surface area (TPSA) is 73.8 Å². The van der Waals surface area contributed by atoms with Crippen LogP contribution in [0.25, 0.3) is 0 Å². The first kappa shape index (κ1) is 11.3. The Morgan fingerprint density at radius 1 is 1.62 bits per heavy atom. The zero-order chi connectivity index (χ0) is 11.6. The summed E-state index contributed by atoms with van der Waals surface area (Å²) in [6.45, 7) is 3.23. The van der Waals surface area contributed by atoms with Gasteiger partial charge in [0.25, 0.3) is 0 Å². The molecule has 5 nitrogen and oxygen atoms in total. The number of nitrogens with two attached hydrogens (primary N) is 1. The minimum absolute atomic E-state index is 0.125. The maximum atomic E-state index is 12.4. The van der Waals surface area contributed by atoms with Crippen LogP contribution in [-0.2, 0) is 6.54 Å². The molecule has 1 aromatic heterocycles. The lowest BCUT2D eigenvalue weighted by Crippen LogP contribution is -2.45. The lowest BCUT2D eigenvalue weighted by Gasteiger charge is -2.38. The molecule has 5 heteroatoms. The highest BCUT2D eigenvalue weighted by Gasteiger charge is 2.44. The van der Waals surface area contributed by atoms with Gasteiger partial charge in [-0.3, -0.25) is 4.79 Å². The number of hydrogen-bond donors (Lipinski definition) is 1. The highest BCUT2D eigenvalue weighted by atomic mass is 16.1. The van der Waals surface area contributed by atoms with E-state index in [1.165, 1.54) is 0 Å². The summed E-state index contributed by atoms with van der Waals surface area (Å²) in [6.07, 6.45) is 5.41. The van der Waals surface area contributed by atoms with Crippen molar-refractivity contribution in [2.45, 2.75) is 39.2 Å². The van der Waals surface area contributed by atoms with Crippen molar-refractivity contribution < 1.29 is 4.79 Å². The first-order chi connectivity index (χ1) is 7.73. The predicted octanol–water partition coefficient (Wildman–Crippen LogP) is 1.000. The van der Waals surface area contributed by atoms with Crippen molar-refractivity contribution in [2.75, 3.05) is 6.54 Å². The molecule has 1 fully saturated rings. The summed E-state index contributed by atoms with van der Waals surface area (Å²) in [4.78, 5) is 12.4. The van der Waals surface area contributed by atoms with Crippen LogP contribution in [0.4, 0.5) is 0 Å². The van der Waals surface area contributed by atoms with Gasteiger partial charge in [0.1, 0.15) is 5.69 Å². The molecule has 1 aliphatic rings. The van der Waals surface area contributed by atoms with E-state index in [0.717, 1.165) is 32.2 Å². The van der Waals surface area contributed by atoms with Crippen LogP contribution in [0.3, 0.4) is 0 Å². The standard InChI is InChI=1S/C11H18N4O/c1-2-6-15-9(7-13-14-15)10(16)11(8-12)4-3-5-11/h7H,2-6,8,12H2,1H3. The Morgan fingerprint density at radius 2 is 2.38 bits per heavy atom. The van der Waals surface area contributed by atoms with Crippen molar-refractivity contribution in [1.29, 1.82) is 0 Å². The molecule has 1 saturated carbocycles. The Balaban J connectivity index is 2.23. The van der Waals surface area contributed by atoms with Crippen LogP contribution in [0.5, 0.6) is 0 Å². The van der Waals surface area contributed by atoms with Crippen LogP contribution >= 0.6 is 0 Å². The van der Waals surface area contributed by atoms with Crippen LogP contribution in [0.15, 0.2) is 6.20 Å². The minimum atomic E-state index is -0.326. The quantitative estimate of drug-likeness (QED) is 0.754. The van der Waals surface area contributed by atoms with Gasteiger partial charge in [0.15, 0.2) is 5.78 Å². The molecular formula is C11H18N4O. The van der Waals surface area contributed by atoms with E-state index in [4.69, 9.17) is 5.73 Å². The Morgan fingerprint density at radius 3 is 2.88 bits per heavy atom. The Bertz CT molecular complexity index is 376. The van der Waals surface area contributed by atoms with E-state index in [1.54, 1.807) is 10.9 Å². The molecule has 1 heterocycles. The van der Waals surface area contributed by atoms with Gasteiger partial charge >= 0.3 is 0 Å². The Hall–Kier alpha value is -1.23. The minimum Gasteiger partial charge on any atom is -0.329 e. The van der Waals surface area contributed by atoms with Crippen LogP contribution in [0.1, 0.15) is 43.1 Å². The second kappa shape index (κ2) is 4.33. The molecule has 0 amide bonds. The Labute approximate surface area is 95.0 Å². The van der Waals surface area contributed by atoms with Crippen LogP contribution in [0, 0.1) is 5.41 Å². The fourth-order valence-electron chi connectivity index (χ4n) is 2.21. The van der Waals surface area contributed by atoms with Gasteiger partial charge in [-0.05, 0) is 19.3 Å². The van der Waals surface area contributed by atoms with Crippen LogP contribution < -0.4 is 5.73 Å². The van der Waals surface area contributed by atoms with Gasteiger partial charge < -0.3 is 5.73 Å². The molecule has 0 bridgehead atoms. The van der Waals surface area contributed by atoms with E-state index < -0.39 is 0 Å². The van der Waals surface area contributed by atoms with Gasteiger partial charge in [-0.2, -0.15) is 0 Å². The van der Waals surface area contributed by atoms with Crippen molar-refractivity contribution >= 4 is 5.78 Å². The fourth-order valence-corrected chi connectivity index (χ4v) is 2.21. The molecule has 0 saturated heterocycles. The number of carbonyl (C=O) groups is 1. The second-order valence-corrected chi connectivity index (χ2v) is 4.51. The van der Waals surface area contributed by atoms with Crippen molar-refractivity contribution in [3.05, 3.63) is 11.9 Å². The average Bonchev–Trinajstić information content (AvgIpc) is 2.65. The number of rotatable bonds is 5. The largest absolute Gasteiger partial charge is 0.329 e. The lowest BCUT2D eigenvalue weighted by molar-refractivity contribution is 0.0623. The summed E-state index contributed by atoms with van der Waals surface area (Å²) in [5, 5.41) is 7.76. The van der Waals surface area contributed by atoms with E-state index in [2.05, 4.69) is 17.2 Å². The summed E-state index contributed by atoms with van der Waals surface area (Å²) in [5.41, 5.74) is 6.02. The highest BCUT2D eigenvalue weighted by Crippen LogP contribution is 2.42. The molecule has 0 radical (unpaired) electrons. The number of aromatic nitrogens is 3. The summed E-state index contributed by atoms with van der Waals surface area (Å²) in [6, 6.07) is 0. The van der Waals surface area contributed by atoms with Crippen molar-refractivity contribution in [1.82, 2.24) is 15.0 Å². The molecule has 0 atom stereocenters. The fraction of sp³-hybridized carbons (Fsp3) is 0.727. The Kier molecular flexibility index (Phi) is 3.05. The molecule has 2 N–H and O–H groups in total. The third-order valence-corrected chi connectivity index (χ3v) is 3.47. The molecule has 16 heavy (non-hydrogen) atoms. The third kappa shape index (κ3) is 1.65. The summed E-state index contributed by atoms with van der Waals surface area (Å²) < 4.78 is 1.69. The maximum absolute atomic E-state index is 12.4. The van der Waals surface area contributed by atoms with E-state index in [-0.39, 0.29) is 11.2 Å². The summed E-state index contributed by atoms with van der Waals surface area (Å²) in [5.74, 6) is 0.125. The first-order valence-electron chi connectivity index (χ1n) is 5.87. The van der Waals surface area contributed by atoms with Gasteiger partial charge in [0.05, 0.1) is 6.20 Å². The molecule has 1 aromatic rings. The highest BCUT2D eigenvalue weighted by molar-refractivity contribution is 5.99. The van der Waals surface area contributed by atoms with Gasteiger partial charge in [-0.25, -0.2) is 4.68 Å². The molecule has 0 aromatic carbocycles. The summed E-state index contributed by atoms with van der Waals surface area (Å²) in [7, 11) is 0. The van der Waals surface area contributed by atoms with E-state index in [9.17, 15) is 4.79 Å². The molecule has 0 aliphatic heterocycles. The van der Waals surface area contributed by atoms with Crippen LogP contribution in [-0.4, -0.2) is 27.3 Å². The van der Waals surface area contributed by atoms with Crippen molar-refractivity contribution in [3.63, 3.8) is 0 Å². The van der Waals surface area contributed by atoms with E-state index >= 15 is 0 Å². The number of carbonyl (C=O) groups excluding carboxylic acids is 1. The molecule has 88 valence electrons. The lowest BCUT2D eigenvalue weighted by atomic mass is 9.65. The molecule has 1 aliphatic carbocycles. The number of aryl methyl sites for hydroxylation is 1.